The monoisotopic (exact) mass is 482 g/mol. The predicted octanol–water partition coefficient (Wildman–Crippen LogP) is 6.87. The van der Waals surface area contributed by atoms with Crippen LogP contribution in [0.1, 0.15) is 101 Å². The van der Waals surface area contributed by atoms with Crippen molar-refractivity contribution in [1.82, 2.24) is 0 Å². The fourth-order valence-electron chi connectivity index (χ4n) is 10.3. The molecular weight excluding hydrogens is 436 g/mol. The van der Waals surface area contributed by atoms with Crippen LogP contribution in [-0.4, -0.2) is 24.1 Å². The van der Waals surface area contributed by atoms with E-state index in [9.17, 15) is 14.4 Å². The summed E-state index contributed by atoms with van der Waals surface area (Å²) in [7, 11) is 0. The number of hydrogen-bond acceptors (Lipinski definition) is 4. The summed E-state index contributed by atoms with van der Waals surface area (Å²) in [4.78, 5) is 37.5. The highest BCUT2D eigenvalue weighted by atomic mass is 16.5. The minimum atomic E-state index is -0.554. The molecule has 4 nitrogen and oxygen atoms in total. The van der Waals surface area contributed by atoms with Crippen molar-refractivity contribution in [2.24, 2.45) is 45.3 Å². The van der Waals surface area contributed by atoms with Crippen molar-refractivity contribution in [2.75, 3.05) is 0 Å². The number of esters is 1. The van der Waals surface area contributed by atoms with Gasteiger partial charge in [0, 0.05) is 14.8 Å². The molecule has 4 fully saturated rings. The Kier molecular flexibility index (Phi) is 5.63. The Morgan fingerprint density at radius 1 is 1.03 bits per heavy atom. The van der Waals surface area contributed by atoms with Crippen molar-refractivity contribution in [2.45, 2.75) is 105 Å². The lowest BCUT2D eigenvalue weighted by molar-refractivity contribution is -0.191. The highest BCUT2D eigenvalue weighted by Gasteiger charge is 2.68. The minimum Gasteiger partial charge on any atom is -0.458 e. The maximum atomic E-state index is 13.2. The van der Waals surface area contributed by atoms with E-state index in [4.69, 9.17) is 4.74 Å². The third kappa shape index (κ3) is 3.13. The van der Waals surface area contributed by atoms with Gasteiger partial charge in [0.25, 0.3) is 0 Å². The number of allylic oxidation sites excluding steroid dienone is 2. The topological polar surface area (TPSA) is 60.4 Å². The van der Waals surface area contributed by atoms with Gasteiger partial charge >= 0.3 is 5.97 Å². The van der Waals surface area contributed by atoms with E-state index in [0.29, 0.717) is 24.2 Å². The highest BCUT2D eigenvalue weighted by molar-refractivity contribution is 6.03. The Bertz CT molecular complexity index is 1030. The quantitative estimate of drug-likeness (QED) is 0.250. The predicted molar refractivity (Wildman–Crippen MR) is 139 cm³/mol. The molecule has 4 heteroatoms. The van der Waals surface area contributed by atoms with Crippen LogP contribution in [0.2, 0.25) is 0 Å². The van der Waals surface area contributed by atoms with E-state index >= 15 is 0 Å². The molecule has 0 aromatic carbocycles. The summed E-state index contributed by atoms with van der Waals surface area (Å²) in [5, 5.41) is 0. The number of fused-ring (bicyclic) bond motifs is 7. The number of hydrogen-bond donors (Lipinski definition) is 0. The first-order valence-electron chi connectivity index (χ1n) is 13.9. The van der Waals surface area contributed by atoms with E-state index in [-0.39, 0.29) is 41.4 Å². The first-order chi connectivity index (χ1) is 16.3. The summed E-state index contributed by atoms with van der Waals surface area (Å²) < 4.78 is 5.67. The van der Waals surface area contributed by atoms with Crippen LogP contribution in [0.5, 0.6) is 0 Å². The molecule has 0 amide bonds. The fourth-order valence-corrected chi connectivity index (χ4v) is 10.3. The van der Waals surface area contributed by atoms with Gasteiger partial charge < -0.3 is 9.53 Å². The molecule has 0 aromatic heterocycles. The smallest absolute Gasteiger partial charge is 0.303 e. The van der Waals surface area contributed by atoms with Gasteiger partial charge in [0.05, 0.1) is 5.41 Å². The van der Waals surface area contributed by atoms with Gasteiger partial charge in [-0.15, -0.1) is 0 Å². The third-order valence-corrected chi connectivity index (χ3v) is 12.1. The molecule has 4 saturated carbocycles. The summed E-state index contributed by atoms with van der Waals surface area (Å²) in [6.45, 7) is 17.7. The van der Waals surface area contributed by atoms with E-state index in [0.717, 1.165) is 68.8 Å². The van der Waals surface area contributed by atoms with E-state index < -0.39 is 5.41 Å². The molecule has 8 atom stereocenters. The zero-order chi connectivity index (χ0) is 25.6. The molecule has 5 aliphatic rings. The number of ether oxygens (including phenoxy) is 1. The Balaban J connectivity index is 0.00000304. The Labute approximate surface area is 212 Å². The molecule has 0 aromatic rings. The van der Waals surface area contributed by atoms with Crippen molar-refractivity contribution >= 4 is 18.0 Å². The first kappa shape index (κ1) is 25.0. The zero-order valence-electron chi connectivity index (χ0n) is 22.7. The van der Waals surface area contributed by atoms with Gasteiger partial charge in [0.15, 0.2) is 5.78 Å². The molecule has 0 bridgehead atoms. The van der Waals surface area contributed by atoms with Gasteiger partial charge in [-0.05, 0) is 108 Å². The summed E-state index contributed by atoms with van der Waals surface area (Å²) in [6.07, 6.45) is 9.54. The lowest BCUT2D eigenvalue weighted by Crippen LogP contribution is -2.63. The molecule has 0 N–H and O–H groups in total. The molecule has 0 heterocycles. The normalized spacial score (nSPS) is 47.1. The van der Waals surface area contributed by atoms with Crippen LogP contribution in [0, 0.1) is 45.3 Å². The molecular formula is C31H46O4. The lowest BCUT2D eigenvalue weighted by Gasteiger charge is -2.70. The number of carbonyl (C=O) groups excluding carboxylic acids is 3. The lowest BCUT2D eigenvalue weighted by atomic mass is 9.34. The molecule has 0 aliphatic heterocycles. The SMILES string of the molecule is C=C1C2CC[C@]3(C)[C@H](CCC4C5=C(C(C)C)C(=O)C[C@]5(C=O)CC[C@]43C)[C@@]2(C)CC[C@@H]1OC(C)=O.[HH]. The van der Waals surface area contributed by atoms with Crippen molar-refractivity contribution in [3.8, 4) is 0 Å². The largest absolute Gasteiger partial charge is 0.458 e. The van der Waals surface area contributed by atoms with Gasteiger partial charge in [-0.3, -0.25) is 9.59 Å². The fraction of sp³-hybridized carbons (Fsp3) is 0.774. The third-order valence-electron chi connectivity index (χ3n) is 12.1. The number of aldehydes is 1. The second kappa shape index (κ2) is 7.89. The van der Waals surface area contributed by atoms with Gasteiger partial charge in [-0.25, -0.2) is 0 Å². The van der Waals surface area contributed by atoms with Crippen LogP contribution >= 0.6 is 0 Å². The van der Waals surface area contributed by atoms with E-state index in [1.807, 2.05) is 0 Å². The van der Waals surface area contributed by atoms with E-state index in [1.54, 1.807) is 0 Å². The van der Waals surface area contributed by atoms with Gasteiger partial charge in [0.2, 0.25) is 0 Å². The van der Waals surface area contributed by atoms with Gasteiger partial charge in [-0.1, -0.05) is 41.2 Å². The zero-order valence-corrected chi connectivity index (χ0v) is 22.7. The molecule has 194 valence electrons. The maximum absolute atomic E-state index is 13.2. The summed E-state index contributed by atoms with van der Waals surface area (Å²) in [6, 6.07) is 0. The van der Waals surface area contributed by atoms with Crippen LogP contribution in [0.4, 0.5) is 0 Å². The molecule has 5 rings (SSSR count). The Morgan fingerprint density at radius 2 is 1.74 bits per heavy atom. The van der Waals surface area contributed by atoms with Crippen molar-refractivity contribution in [1.29, 1.82) is 0 Å². The molecule has 5 aliphatic carbocycles. The minimum absolute atomic E-state index is 0. The molecule has 0 radical (unpaired) electrons. The van der Waals surface area contributed by atoms with Crippen LogP contribution < -0.4 is 0 Å². The van der Waals surface area contributed by atoms with Crippen molar-refractivity contribution in [3.63, 3.8) is 0 Å². The number of ketones is 1. The Morgan fingerprint density at radius 3 is 2.37 bits per heavy atom. The molecule has 0 spiro atoms. The van der Waals surface area contributed by atoms with Crippen LogP contribution in [0.3, 0.4) is 0 Å². The Hall–Kier alpha value is -1.71. The standard InChI is InChI=1S/C31H44O4.H2/c1-18(2)26-23(34)16-31(17-32)15-14-29(6)22(27(26)31)8-9-25-28(5)12-11-24(35-20(4)33)19(3)21(28)10-13-30(25,29)7;/h17-18,21-22,24-25H,3,8-16H2,1-2,4-7H3;1H/t21?,22?,24-,25+,28-,29+,30+,31-;/m0./s1. The highest BCUT2D eigenvalue weighted by Crippen LogP contribution is 2.75. The van der Waals surface area contributed by atoms with Crippen molar-refractivity contribution in [3.05, 3.63) is 23.3 Å². The first-order valence-corrected chi connectivity index (χ1v) is 13.9. The maximum Gasteiger partial charge on any atom is 0.303 e. The van der Waals surface area contributed by atoms with E-state index in [1.165, 1.54) is 12.5 Å². The number of Topliss-reactive ketones (excluding diaryl/α,β-unsaturated/α-hetero) is 1. The summed E-state index contributed by atoms with van der Waals surface area (Å²) in [5.74, 6) is 1.43. The van der Waals surface area contributed by atoms with Crippen LogP contribution in [0.25, 0.3) is 0 Å². The van der Waals surface area contributed by atoms with Crippen LogP contribution in [-0.2, 0) is 19.1 Å². The van der Waals surface area contributed by atoms with Gasteiger partial charge in [0.1, 0.15) is 12.4 Å². The average molecular weight is 483 g/mol. The van der Waals surface area contributed by atoms with Crippen molar-refractivity contribution < 1.29 is 20.5 Å². The molecule has 0 saturated heterocycles. The second-order valence-electron chi connectivity index (χ2n) is 13.7. The molecule has 2 unspecified atom stereocenters. The summed E-state index contributed by atoms with van der Waals surface area (Å²) >= 11 is 0. The number of rotatable bonds is 3. The average Bonchev–Trinajstić information content (AvgIpc) is 3.09. The molecule has 35 heavy (non-hydrogen) atoms. The summed E-state index contributed by atoms with van der Waals surface area (Å²) in [5.41, 5.74) is 3.14. The van der Waals surface area contributed by atoms with Crippen LogP contribution in [0.15, 0.2) is 23.3 Å². The number of carbonyl (C=O) groups is 3. The van der Waals surface area contributed by atoms with Gasteiger partial charge in [-0.2, -0.15) is 0 Å². The second-order valence-corrected chi connectivity index (χ2v) is 13.7. The van der Waals surface area contributed by atoms with E-state index in [2.05, 4.69) is 41.2 Å².